The molecule has 3 rings (SSSR count). The molecule has 0 bridgehead atoms. The van der Waals surface area contributed by atoms with E-state index in [0.29, 0.717) is 44.2 Å². The minimum absolute atomic E-state index is 0.114. The van der Waals surface area contributed by atoms with Gasteiger partial charge in [-0.2, -0.15) is 4.31 Å². The van der Waals surface area contributed by atoms with Crippen LogP contribution in [0.5, 0.6) is 5.75 Å². The van der Waals surface area contributed by atoms with Crippen molar-refractivity contribution in [1.82, 2.24) is 4.31 Å². The van der Waals surface area contributed by atoms with Crippen molar-refractivity contribution in [3.63, 3.8) is 0 Å². The summed E-state index contributed by atoms with van der Waals surface area (Å²) in [5.74, 6) is -0.152. The van der Waals surface area contributed by atoms with Crippen LogP contribution in [0.3, 0.4) is 0 Å². The number of sulfonamides is 1. The molecular weight excluding hydrogens is 392 g/mol. The van der Waals surface area contributed by atoms with Gasteiger partial charge in [0.1, 0.15) is 5.75 Å². The van der Waals surface area contributed by atoms with Crippen molar-refractivity contribution in [2.45, 2.75) is 24.2 Å². The summed E-state index contributed by atoms with van der Waals surface area (Å²) in [5, 5.41) is 2.85. The molecular formula is C21H26N2O5S. The SMILES string of the molecule is CC[C@@H](C(=O)Nc1cc(S(=O)(=O)N2CCOCC2)ccc1OC)c1ccccc1. The molecule has 1 heterocycles. The van der Waals surface area contributed by atoms with Gasteiger partial charge in [-0.1, -0.05) is 37.3 Å². The highest BCUT2D eigenvalue weighted by Crippen LogP contribution is 2.31. The highest BCUT2D eigenvalue weighted by Gasteiger charge is 2.28. The van der Waals surface area contributed by atoms with E-state index < -0.39 is 10.0 Å². The lowest BCUT2D eigenvalue weighted by Crippen LogP contribution is -2.40. The van der Waals surface area contributed by atoms with Crippen molar-refractivity contribution in [1.29, 1.82) is 0 Å². The first-order valence-corrected chi connectivity index (χ1v) is 11.0. The molecule has 1 atom stereocenters. The maximum Gasteiger partial charge on any atom is 0.243 e. The van der Waals surface area contributed by atoms with Crippen LogP contribution in [0.4, 0.5) is 5.69 Å². The predicted octanol–water partition coefficient (Wildman–Crippen LogP) is 2.85. The lowest BCUT2D eigenvalue weighted by molar-refractivity contribution is -0.117. The number of hydrogen-bond donors (Lipinski definition) is 1. The van der Waals surface area contributed by atoms with Gasteiger partial charge in [0, 0.05) is 13.1 Å². The Hall–Kier alpha value is -2.42. The average Bonchev–Trinajstić information content (AvgIpc) is 2.75. The summed E-state index contributed by atoms with van der Waals surface area (Å²) in [5.41, 5.74) is 1.24. The van der Waals surface area contributed by atoms with Gasteiger partial charge in [0.15, 0.2) is 0 Å². The molecule has 1 fully saturated rings. The van der Waals surface area contributed by atoms with Crippen molar-refractivity contribution >= 4 is 21.6 Å². The number of amides is 1. The van der Waals surface area contributed by atoms with Crippen molar-refractivity contribution in [3.05, 3.63) is 54.1 Å². The highest BCUT2D eigenvalue weighted by molar-refractivity contribution is 7.89. The van der Waals surface area contributed by atoms with Gasteiger partial charge >= 0.3 is 0 Å². The fourth-order valence-electron chi connectivity index (χ4n) is 3.36. The van der Waals surface area contributed by atoms with Gasteiger partial charge in [-0.05, 0) is 30.2 Å². The van der Waals surface area contributed by atoms with E-state index in [4.69, 9.17) is 9.47 Å². The number of carbonyl (C=O) groups is 1. The Morgan fingerprint density at radius 3 is 2.48 bits per heavy atom. The fourth-order valence-corrected chi connectivity index (χ4v) is 4.79. The van der Waals surface area contributed by atoms with Crippen LogP contribution < -0.4 is 10.1 Å². The van der Waals surface area contributed by atoms with E-state index in [1.807, 2.05) is 37.3 Å². The number of methoxy groups -OCH3 is 1. The summed E-state index contributed by atoms with van der Waals surface area (Å²) in [6.45, 7) is 3.29. The summed E-state index contributed by atoms with van der Waals surface area (Å²) in [6, 6.07) is 14.0. The van der Waals surface area contributed by atoms with Crippen LogP contribution in [0.1, 0.15) is 24.8 Å². The smallest absolute Gasteiger partial charge is 0.243 e. The second kappa shape index (κ2) is 9.39. The number of nitrogens with one attached hydrogen (secondary N) is 1. The van der Waals surface area contributed by atoms with Crippen LogP contribution >= 0.6 is 0 Å². The molecule has 0 unspecified atom stereocenters. The standard InChI is InChI=1S/C21H26N2O5S/c1-3-18(16-7-5-4-6-8-16)21(24)22-19-15-17(9-10-20(19)27-2)29(25,26)23-11-13-28-14-12-23/h4-10,15,18H,3,11-14H2,1-2H3,(H,22,24)/t18-/m1/s1. The van der Waals surface area contributed by atoms with Gasteiger partial charge < -0.3 is 14.8 Å². The maximum atomic E-state index is 13.0. The van der Waals surface area contributed by atoms with Gasteiger partial charge in [0.25, 0.3) is 0 Å². The normalized spacial score (nSPS) is 16.2. The first kappa shape index (κ1) is 21.3. The van der Waals surface area contributed by atoms with Gasteiger partial charge in [0.2, 0.25) is 15.9 Å². The summed E-state index contributed by atoms with van der Waals surface area (Å²) < 4.78 is 37.9. The highest BCUT2D eigenvalue weighted by atomic mass is 32.2. The van der Waals surface area contributed by atoms with Gasteiger partial charge in [-0.15, -0.1) is 0 Å². The Labute approximate surface area is 171 Å². The summed E-state index contributed by atoms with van der Waals surface area (Å²) in [6.07, 6.45) is 0.615. The van der Waals surface area contributed by atoms with Crippen molar-refractivity contribution < 1.29 is 22.7 Å². The number of rotatable bonds is 7. The van der Waals surface area contributed by atoms with E-state index in [1.54, 1.807) is 6.07 Å². The quantitative estimate of drug-likeness (QED) is 0.747. The molecule has 1 aliphatic heterocycles. The van der Waals surface area contributed by atoms with E-state index in [9.17, 15) is 13.2 Å². The van der Waals surface area contributed by atoms with Crippen molar-refractivity contribution in [3.8, 4) is 5.75 Å². The molecule has 156 valence electrons. The molecule has 1 N–H and O–H groups in total. The Morgan fingerprint density at radius 1 is 1.17 bits per heavy atom. The summed E-state index contributed by atoms with van der Waals surface area (Å²) in [4.78, 5) is 13.0. The second-order valence-electron chi connectivity index (χ2n) is 6.74. The Morgan fingerprint density at radius 2 is 1.86 bits per heavy atom. The maximum absolute atomic E-state index is 13.0. The minimum Gasteiger partial charge on any atom is -0.495 e. The van der Waals surface area contributed by atoms with Gasteiger partial charge in [-0.3, -0.25) is 4.79 Å². The van der Waals surface area contributed by atoms with Crippen molar-refractivity contribution in [2.75, 3.05) is 38.7 Å². The van der Waals surface area contributed by atoms with Gasteiger partial charge in [0.05, 0.1) is 36.8 Å². The molecule has 0 aliphatic carbocycles. The second-order valence-corrected chi connectivity index (χ2v) is 8.68. The van der Waals surface area contributed by atoms with Crippen LogP contribution in [0.2, 0.25) is 0 Å². The molecule has 0 spiro atoms. The van der Waals surface area contributed by atoms with Crippen LogP contribution in [0.15, 0.2) is 53.4 Å². The third-order valence-electron chi connectivity index (χ3n) is 4.96. The number of ether oxygens (including phenoxy) is 2. The summed E-state index contributed by atoms with van der Waals surface area (Å²) in [7, 11) is -2.20. The molecule has 29 heavy (non-hydrogen) atoms. The number of nitrogens with zero attached hydrogens (tertiary/aromatic N) is 1. The first-order chi connectivity index (χ1) is 14.0. The van der Waals surface area contributed by atoms with E-state index >= 15 is 0 Å². The first-order valence-electron chi connectivity index (χ1n) is 9.59. The average molecular weight is 419 g/mol. The fraction of sp³-hybridized carbons (Fsp3) is 0.381. The number of hydrogen-bond acceptors (Lipinski definition) is 5. The van der Waals surface area contributed by atoms with Crippen LogP contribution in [-0.4, -0.2) is 52.0 Å². The van der Waals surface area contributed by atoms with Crippen molar-refractivity contribution in [2.24, 2.45) is 0 Å². The topological polar surface area (TPSA) is 84.9 Å². The molecule has 2 aromatic carbocycles. The summed E-state index contributed by atoms with van der Waals surface area (Å²) >= 11 is 0. The Balaban J connectivity index is 1.88. The number of morpholine rings is 1. The molecule has 1 aliphatic rings. The zero-order valence-corrected chi connectivity index (χ0v) is 17.4. The van der Waals surface area contributed by atoms with E-state index in [1.165, 1.54) is 23.5 Å². The minimum atomic E-state index is -3.68. The van der Waals surface area contributed by atoms with Crippen LogP contribution in [0.25, 0.3) is 0 Å². The predicted molar refractivity (Wildman–Crippen MR) is 111 cm³/mol. The lowest BCUT2D eigenvalue weighted by atomic mass is 9.95. The molecule has 7 nitrogen and oxygen atoms in total. The van der Waals surface area contributed by atoms with E-state index in [-0.39, 0.29) is 16.7 Å². The molecule has 0 aromatic heterocycles. The van der Waals surface area contributed by atoms with Crippen LogP contribution in [0, 0.1) is 0 Å². The zero-order valence-electron chi connectivity index (χ0n) is 16.6. The number of benzene rings is 2. The van der Waals surface area contributed by atoms with Crippen LogP contribution in [-0.2, 0) is 19.6 Å². The largest absolute Gasteiger partial charge is 0.495 e. The molecule has 1 amide bonds. The van der Waals surface area contributed by atoms with Gasteiger partial charge in [-0.25, -0.2) is 8.42 Å². The molecule has 2 aromatic rings. The van der Waals surface area contributed by atoms with E-state index in [2.05, 4.69) is 5.32 Å². The lowest BCUT2D eigenvalue weighted by Gasteiger charge is -2.26. The number of anilines is 1. The molecule has 0 saturated carbocycles. The molecule has 8 heteroatoms. The third-order valence-corrected chi connectivity index (χ3v) is 6.86. The Kier molecular flexibility index (Phi) is 6.89. The zero-order chi connectivity index (χ0) is 20.9. The third kappa shape index (κ3) is 4.77. The van der Waals surface area contributed by atoms with E-state index in [0.717, 1.165) is 5.56 Å². The molecule has 0 radical (unpaired) electrons. The Bertz CT molecular complexity index is 941. The monoisotopic (exact) mass is 418 g/mol. The molecule has 1 saturated heterocycles. The number of carbonyl (C=O) groups excluding carboxylic acids is 1.